The summed E-state index contributed by atoms with van der Waals surface area (Å²) in [5.41, 5.74) is 1.68. The molecule has 2 N–H and O–H groups in total. The third kappa shape index (κ3) is 6.39. The fraction of sp³-hybridized carbons (Fsp3) is 0.438. The summed E-state index contributed by atoms with van der Waals surface area (Å²) in [4.78, 5) is 12.4. The van der Waals surface area contributed by atoms with Crippen LogP contribution in [0, 0.1) is 0 Å². The summed E-state index contributed by atoms with van der Waals surface area (Å²) >= 11 is 5.99. The molecule has 1 heterocycles. The van der Waals surface area contributed by atoms with E-state index in [1.165, 1.54) is 5.57 Å². The zero-order chi connectivity index (χ0) is 15.8. The lowest BCUT2D eigenvalue weighted by Crippen LogP contribution is -2.30. The molecule has 23 heavy (non-hydrogen) atoms. The van der Waals surface area contributed by atoms with E-state index in [1.807, 2.05) is 0 Å². The van der Waals surface area contributed by atoms with Gasteiger partial charge in [0.05, 0.1) is 12.2 Å². The number of hydrogen-bond acceptors (Lipinski definition) is 4. The van der Waals surface area contributed by atoms with Crippen molar-refractivity contribution in [2.24, 2.45) is 0 Å². The van der Waals surface area contributed by atoms with E-state index in [4.69, 9.17) is 21.1 Å². The molecule has 5 nitrogen and oxygen atoms in total. The third-order valence-corrected chi connectivity index (χ3v) is 3.60. The predicted molar refractivity (Wildman–Crippen MR) is 94.0 cm³/mol. The van der Waals surface area contributed by atoms with Gasteiger partial charge in [-0.25, -0.2) is 0 Å². The Morgan fingerprint density at radius 3 is 2.91 bits per heavy atom. The van der Waals surface area contributed by atoms with E-state index in [0.717, 1.165) is 19.5 Å². The maximum Gasteiger partial charge on any atom is 0.255 e. The molecule has 0 atom stereocenters. The highest BCUT2D eigenvalue weighted by Crippen LogP contribution is 2.23. The smallest absolute Gasteiger partial charge is 0.255 e. The van der Waals surface area contributed by atoms with Gasteiger partial charge in [-0.1, -0.05) is 23.3 Å². The number of ether oxygens (including phenoxy) is 2. The molecule has 0 spiro atoms. The first kappa shape index (κ1) is 19.8. The molecule has 0 saturated heterocycles. The second-order valence-corrected chi connectivity index (χ2v) is 5.42. The van der Waals surface area contributed by atoms with Gasteiger partial charge in [0.25, 0.3) is 5.91 Å². The maximum atomic E-state index is 12.4. The van der Waals surface area contributed by atoms with Crippen molar-refractivity contribution in [2.75, 3.05) is 40.0 Å². The van der Waals surface area contributed by atoms with E-state index in [-0.39, 0.29) is 18.3 Å². The van der Waals surface area contributed by atoms with Crippen LogP contribution in [0.2, 0.25) is 5.02 Å². The molecule has 128 valence electrons. The van der Waals surface area contributed by atoms with Crippen molar-refractivity contribution in [3.05, 3.63) is 40.4 Å². The van der Waals surface area contributed by atoms with Gasteiger partial charge in [0.15, 0.2) is 0 Å². The largest absolute Gasteiger partial charge is 0.490 e. The predicted octanol–water partition coefficient (Wildman–Crippen LogP) is 2.44. The average Bonchev–Trinajstić information content (AvgIpc) is 2.55. The minimum Gasteiger partial charge on any atom is -0.490 e. The molecule has 0 saturated carbocycles. The van der Waals surface area contributed by atoms with E-state index < -0.39 is 0 Å². The number of benzene rings is 1. The lowest BCUT2D eigenvalue weighted by Gasteiger charge is -2.16. The van der Waals surface area contributed by atoms with Gasteiger partial charge in [0.2, 0.25) is 0 Å². The summed E-state index contributed by atoms with van der Waals surface area (Å²) in [6, 6.07) is 5.03. The zero-order valence-electron chi connectivity index (χ0n) is 13.1. The molecule has 0 aliphatic carbocycles. The van der Waals surface area contributed by atoms with Gasteiger partial charge in [-0.15, -0.1) is 12.4 Å². The summed E-state index contributed by atoms with van der Waals surface area (Å²) in [6.07, 6.45) is 3.06. The minimum absolute atomic E-state index is 0. The summed E-state index contributed by atoms with van der Waals surface area (Å²) in [5, 5.41) is 6.67. The highest BCUT2D eigenvalue weighted by molar-refractivity contribution is 6.31. The van der Waals surface area contributed by atoms with Crippen LogP contribution in [0.15, 0.2) is 29.8 Å². The topological polar surface area (TPSA) is 59.6 Å². The number of amides is 1. The van der Waals surface area contributed by atoms with Crippen molar-refractivity contribution >= 4 is 29.9 Å². The third-order valence-electron chi connectivity index (χ3n) is 3.37. The van der Waals surface area contributed by atoms with Crippen LogP contribution in [-0.2, 0) is 4.74 Å². The normalized spacial score (nSPS) is 13.7. The Balaban J connectivity index is 0.00000264. The molecule has 1 amide bonds. The maximum absolute atomic E-state index is 12.4. The number of rotatable bonds is 7. The fourth-order valence-electron chi connectivity index (χ4n) is 2.16. The summed E-state index contributed by atoms with van der Waals surface area (Å²) < 4.78 is 10.5. The molecule has 2 rings (SSSR count). The van der Waals surface area contributed by atoms with Gasteiger partial charge in [0.1, 0.15) is 12.4 Å². The van der Waals surface area contributed by atoms with E-state index in [2.05, 4.69) is 16.7 Å². The van der Waals surface area contributed by atoms with Gasteiger partial charge in [-0.05, 0) is 31.2 Å². The quantitative estimate of drug-likeness (QED) is 0.579. The molecule has 0 bridgehead atoms. The van der Waals surface area contributed by atoms with Crippen LogP contribution in [0.1, 0.15) is 16.8 Å². The van der Waals surface area contributed by atoms with E-state index in [0.29, 0.717) is 36.1 Å². The Morgan fingerprint density at radius 1 is 1.39 bits per heavy atom. The number of nitrogens with one attached hydrogen (secondary N) is 2. The van der Waals surface area contributed by atoms with Crippen LogP contribution in [0.5, 0.6) is 5.75 Å². The molecule has 1 aliphatic heterocycles. The Morgan fingerprint density at radius 2 is 2.22 bits per heavy atom. The first-order chi connectivity index (χ1) is 10.7. The van der Waals surface area contributed by atoms with Crippen LogP contribution in [-0.4, -0.2) is 45.9 Å². The summed E-state index contributed by atoms with van der Waals surface area (Å²) in [7, 11) is 1.60. The molecule has 0 radical (unpaired) electrons. The van der Waals surface area contributed by atoms with Crippen LogP contribution >= 0.6 is 24.0 Å². The molecular weight excluding hydrogens is 339 g/mol. The molecule has 1 aliphatic rings. The second kappa shape index (κ2) is 10.5. The van der Waals surface area contributed by atoms with Crippen molar-refractivity contribution < 1.29 is 14.3 Å². The van der Waals surface area contributed by atoms with Crippen molar-refractivity contribution in [3.8, 4) is 5.75 Å². The highest BCUT2D eigenvalue weighted by Gasteiger charge is 2.14. The number of carbonyl (C=O) groups excluding carboxylic acids is 1. The summed E-state index contributed by atoms with van der Waals surface area (Å²) in [5.74, 6) is 0.326. The Kier molecular flexibility index (Phi) is 9.02. The first-order valence-corrected chi connectivity index (χ1v) is 7.66. The highest BCUT2D eigenvalue weighted by atomic mass is 35.5. The number of methoxy groups -OCH3 is 1. The number of halogens is 2. The van der Waals surface area contributed by atoms with Crippen molar-refractivity contribution in [2.45, 2.75) is 6.42 Å². The van der Waals surface area contributed by atoms with Crippen LogP contribution in [0.25, 0.3) is 0 Å². The van der Waals surface area contributed by atoms with Gasteiger partial charge in [-0.2, -0.15) is 0 Å². The molecule has 0 aromatic heterocycles. The molecule has 1 aromatic rings. The Bertz CT molecular complexity index is 550. The van der Waals surface area contributed by atoms with Crippen molar-refractivity contribution in [1.82, 2.24) is 10.6 Å². The second-order valence-electron chi connectivity index (χ2n) is 4.98. The molecule has 0 fully saturated rings. The fourth-order valence-corrected chi connectivity index (χ4v) is 2.33. The monoisotopic (exact) mass is 360 g/mol. The SMILES string of the molecule is COCCOc1ccc(Cl)cc1C(=O)NCC1=CCNCC1.Cl. The molecule has 7 heteroatoms. The lowest BCUT2D eigenvalue weighted by molar-refractivity contribution is 0.0949. The van der Waals surface area contributed by atoms with E-state index in [9.17, 15) is 4.79 Å². The van der Waals surface area contributed by atoms with Gasteiger partial charge < -0.3 is 20.1 Å². The van der Waals surface area contributed by atoms with Crippen molar-refractivity contribution in [3.63, 3.8) is 0 Å². The van der Waals surface area contributed by atoms with Crippen LogP contribution < -0.4 is 15.4 Å². The average molecular weight is 361 g/mol. The van der Waals surface area contributed by atoms with Gasteiger partial charge in [-0.3, -0.25) is 4.79 Å². The number of hydrogen-bond donors (Lipinski definition) is 2. The minimum atomic E-state index is -0.186. The summed E-state index contributed by atoms with van der Waals surface area (Å²) in [6.45, 7) is 3.20. The Labute approximate surface area is 147 Å². The molecule has 0 unspecified atom stereocenters. The standard InChI is InChI=1S/C16H21ClN2O3.ClH/c1-21-8-9-22-15-3-2-13(17)10-14(15)16(20)19-11-12-4-6-18-7-5-12;/h2-4,10,18H,5-9,11H2,1H3,(H,19,20);1H. The van der Waals surface area contributed by atoms with E-state index in [1.54, 1.807) is 25.3 Å². The Hall–Kier alpha value is -1.27. The first-order valence-electron chi connectivity index (χ1n) is 7.29. The number of carbonyl (C=O) groups is 1. The molecule has 1 aromatic carbocycles. The van der Waals surface area contributed by atoms with Gasteiger partial charge >= 0.3 is 0 Å². The van der Waals surface area contributed by atoms with Crippen LogP contribution in [0.4, 0.5) is 0 Å². The van der Waals surface area contributed by atoms with Crippen molar-refractivity contribution in [1.29, 1.82) is 0 Å². The van der Waals surface area contributed by atoms with E-state index >= 15 is 0 Å². The zero-order valence-corrected chi connectivity index (χ0v) is 14.6. The molecular formula is C16H22Cl2N2O3. The lowest BCUT2D eigenvalue weighted by atomic mass is 10.1. The van der Waals surface area contributed by atoms with Crippen LogP contribution in [0.3, 0.4) is 0 Å². The van der Waals surface area contributed by atoms with Gasteiger partial charge in [0, 0.05) is 25.2 Å².